The standard InChI is InChI=1S/C20H22N2O4/c21-11-16(7-17-2-1-3-25-17)19(24)26-12-18(23)22-20-8-13-4-14(9-20)6-15(5-13)10-20/h1-3,7,13-15H,4-6,8-10,12H2,(H,22,23)/b16-7+. The molecule has 0 unspecified atom stereocenters. The van der Waals surface area contributed by atoms with Gasteiger partial charge in [-0.1, -0.05) is 0 Å². The Morgan fingerprint density at radius 1 is 1.27 bits per heavy atom. The van der Waals surface area contributed by atoms with Gasteiger partial charge in [0.1, 0.15) is 17.4 Å². The first-order valence-corrected chi connectivity index (χ1v) is 9.19. The number of hydrogen-bond donors (Lipinski definition) is 1. The van der Waals surface area contributed by atoms with E-state index in [-0.39, 0.29) is 23.6 Å². The minimum Gasteiger partial charge on any atom is -0.465 e. The Labute approximate surface area is 152 Å². The van der Waals surface area contributed by atoms with Crippen LogP contribution in [0.25, 0.3) is 6.08 Å². The topological polar surface area (TPSA) is 92.3 Å². The predicted octanol–water partition coefficient (Wildman–Crippen LogP) is 2.81. The molecule has 0 radical (unpaired) electrons. The number of carbonyl (C=O) groups excluding carboxylic acids is 2. The Morgan fingerprint density at radius 2 is 1.92 bits per heavy atom. The SMILES string of the molecule is N#C/C(=C\c1ccco1)C(=O)OCC(=O)NC12CC3CC(CC(C3)C1)C2. The van der Waals surface area contributed by atoms with Crippen LogP contribution in [0.15, 0.2) is 28.4 Å². The lowest BCUT2D eigenvalue weighted by atomic mass is 9.53. The summed E-state index contributed by atoms with van der Waals surface area (Å²) in [6.07, 6.45) is 9.78. The number of esters is 1. The fourth-order valence-corrected chi connectivity index (χ4v) is 5.46. The van der Waals surface area contributed by atoms with Crippen molar-refractivity contribution in [3.05, 3.63) is 29.7 Å². The fourth-order valence-electron chi connectivity index (χ4n) is 5.46. The number of furan rings is 1. The van der Waals surface area contributed by atoms with E-state index in [1.807, 2.05) is 0 Å². The van der Waals surface area contributed by atoms with Crippen molar-refractivity contribution >= 4 is 18.0 Å². The third-order valence-corrected chi connectivity index (χ3v) is 5.95. The number of ether oxygens (including phenoxy) is 1. The van der Waals surface area contributed by atoms with Gasteiger partial charge in [-0.05, 0) is 68.4 Å². The third kappa shape index (κ3) is 3.39. The van der Waals surface area contributed by atoms with Crippen molar-refractivity contribution in [3.8, 4) is 6.07 Å². The zero-order chi connectivity index (χ0) is 18.1. The van der Waals surface area contributed by atoms with Gasteiger partial charge >= 0.3 is 5.97 Å². The number of rotatable bonds is 5. The Balaban J connectivity index is 1.33. The van der Waals surface area contributed by atoms with Crippen molar-refractivity contribution in [1.82, 2.24) is 5.32 Å². The number of nitrogens with one attached hydrogen (secondary N) is 1. The van der Waals surface area contributed by atoms with Gasteiger partial charge in [0.15, 0.2) is 6.61 Å². The smallest absolute Gasteiger partial charge is 0.349 e. The molecule has 6 heteroatoms. The molecule has 5 rings (SSSR count). The van der Waals surface area contributed by atoms with E-state index < -0.39 is 5.97 Å². The van der Waals surface area contributed by atoms with Crippen molar-refractivity contribution in [2.75, 3.05) is 6.61 Å². The Morgan fingerprint density at radius 3 is 2.46 bits per heavy atom. The average Bonchev–Trinajstić information content (AvgIpc) is 3.09. The molecule has 4 bridgehead atoms. The first kappa shape index (κ1) is 16.9. The number of nitriles is 1. The molecule has 6 nitrogen and oxygen atoms in total. The van der Waals surface area contributed by atoms with Crippen LogP contribution in [0.2, 0.25) is 0 Å². The molecule has 4 aliphatic rings. The van der Waals surface area contributed by atoms with E-state index in [1.165, 1.54) is 31.6 Å². The minimum absolute atomic E-state index is 0.111. The predicted molar refractivity (Wildman–Crippen MR) is 92.3 cm³/mol. The van der Waals surface area contributed by atoms with Crippen LogP contribution in [0, 0.1) is 29.1 Å². The maximum atomic E-state index is 12.4. The first-order valence-electron chi connectivity index (χ1n) is 9.19. The summed E-state index contributed by atoms with van der Waals surface area (Å²) in [5, 5.41) is 12.3. The molecule has 4 fully saturated rings. The number of hydrogen-bond acceptors (Lipinski definition) is 5. The molecule has 1 amide bonds. The van der Waals surface area contributed by atoms with E-state index in [0.29, 0.717) is 5.76 Å². The summed E-state index contributed by atoms with van der Waals surface area (Å²) in [7, 11) is 0. The van der Waals surface area contributed by atoms with Gasteiger partial charge in [0, 0.05) is 11.6 Å². The van der Waals surface area contributed by atoms with E-state index in [9.17, 15) is 9.59 Å². The molecule has 1 N–H and O–H groups in total. The van der Waals surface area contributed by atoms with E-state index in [0.717, 1.165) is 37.0 Å². The van der Waals surface area contributed by atoms with Gasteiger partial charge in [0.25, 0.3) is 5.91 Å². The van der Waals surface area contributed by atoms with Crippen LogP contribution < -0.4 is 5.32 Å². The second-order valence-electron chi connectivity index (χ2n) is 8.01. The summed E-state index contributed by atoms with van der Waals surface area (Å²) >= 11 is 0. The summed E-state index contributed by atoms with van der Waals surface area (Å²) in [6.45, 7) is -0.363. The molecule has 0 aromatic carbocycles. The van der Waals surface area contributed by atoms with E-state index in [4.69, 9.17) is 14.4 Å². The highest BCUT2D eigenvalue weighted by molar-refractivity contribution is 5.98. The van der Waals surface area contributed by atoms with Gasteiger partial charge in [-0.3, -0.25) is 4.79 Å². The quantitative estimate of drug-likeness (QED) is 0.499. The van der Waals surface area contributed by atoms with E-state index in [2.05, 4.69) is 5.32 Å². The molecule has 1 aromatic heterocycles. The van der Waals surface area contributed by atoms with Crippen molar-refractivity contribution in [1.29, 1.82) is 5.26 Å². The van der Waals surface area contributed by atoms with Gasteiger partial charge in [-0.2, -0.15) is 5.26 Å². The summed E-state index contributed by atoms with van der Waals surface area (Å²) in [5.41, 5.74) is -0.303. The maximum Gasteiger partial charge on any atom is 0.349 e. The highest BCUT2D eigenvalue weighted by Crippen LogP contribution is 2.55. The molecule has 1 aromatic rings. The molecule has 0 aliphatic heterocycles. The molecule has 0 atom stereocenters. The fraction of sp³-hybridized carbons (Fsp3) is 0.550. The second kappa shape index (κ2) is 6.64. The van der Waals surface area contributed by atoms with Crippen LogP contribution in [0.4, 0.5) is 0 Å². The van der Waals surface area contributed by atoms with E-state index >= 15 is 0 Å². The van der Waals surface area contributed by atoms with Crippen molar-refractivity contribution in [2.45, 2.75) is 44.1 Å². The summed E-state index contributed by atoms with van der Waals surface area (Å²) in [6, 6.07) is 5.07. The molecule has 26 heavy (non-hydrogen) atoms. The van der Waals surface area contributed by atoms with Crippen molar-refractivity contribution in [3.63, 3.8) is 0 Å². The monoisotopic (exact) mass is 354 g/mol. The average molecular weight is 354 g/mol. The lowest BCUT2D eigenvalue weighted by Crippen LogP contribution is -2.60. The molecular weight excluding hydrogens is 332 g/mol. The van der Waals surface area contributed by atoms with Crippen LogP contribution in [0.5, 0.6) is 0 Å². The first-order chi connectivity index (χ1) is 12.5. The summed E-state index contributed by atoms with van der Waals surface area (Å²) in [5.74, 6) is 1.47. The molecule has 0 saturated heterocycles. The molecule has 4 saturated carbocycles. The number of nitrogens with zero attached hydrogens (tertiary/aromatic N) is 1. The second-order valence-corrected chi connectivity index (χ2v) is 8.01. The molecule has 4 aliphatic carbocycles. The number of amides is 1. The van der Waals surface area contributed by atoms with Crippen LogP contribution in [0.3, 0.4) is 0 Å². The lowest BCUT2D eigenvalue weighted by molar-refractivity contribution is -0.146. The van der Waals surface area contributed by atoms with E-state index in [1.54, 1.807) is 18.2 Å². The Hall–Kier alpha value is -2.55. The van der Waals surface area contributed by atoms with Crippen LogP contribution in [-0.4, -0.2) is 24.0 Å². The normalized spacial score (nSPS) is 32.1. The van der Waals surface area contributed by atoms with Gasteiger partial charge in [-0.25, -0.2) is 4.79 Å². The molecule has 1 heterocycles. The van der Waals surface area contributed by atoms with Gasteiger partial charge in [0.2, 0.25) is 0 Å². The Bertz CT molecular complexity index is 737. The van der Waals surface area contributed by atoms with Gasteiger partial charge in [-0.15, -0.1) is 0 Å². The molecule has 136 valence electrons. The van der Waals surface area contributed by atoms with Crippen LogP contribution in [-0.2, 0) is 14.3 Å². The number of carbonyl (C=O) groups is 2. The minimum atomic E-state index is -0.815. The van der Waals surface area contributed by atoms with Crippen molar-refractivity contribution < 1.29 is 18.7 Å². The summed E-state index contributed by atoms with van der Waals surface area (Å²) in [4.78, 5) is 24.4. The molecule has 0 spiro atoms. The highest BCUT2D eigenvalue weighted by atomic mass is 16.5. The maximum absolute atomic E-state index is 12.4. The van der Waals surface area contributed by atoms with Gasteiger partial charge < -0.3 is 14.5 Å². The van der Waals surface area contributed by atoms with Gasteiger partial charge in [0.05, 0.1) is 6.26 Å². The zero-order valence-corrected chi connectivity index (χ0v) is 14.6. The zero-order valence-electron chi connectivity index (χ0n) is 14.6. The largest absolute Gasteiger partial charge is 0.465 e. The molecular formula is C20H22N2O4. The lowest BCUT2D eigenvalue weighted by Gasteiger charge is -2.56. The van der Waals surface area contributed by atoms with Crippen LogP contribution in [0.1, 0.15) is 44.3 Å². The summed E-state index contributed by atoms with van der Waals surface area (Å²) < 4.78 is 10.1. The Kier molecular flexibility index (Phi) is 4.31. The van der Waals surface area contributed by atoms with Crippen molar-refractivity contribution in [2.24, 2.45) is 17.8 Å². The third-order valence-electron chi connectivity index (χ3n) is 5.95. The van der Waals surface area contributed by atoms with Crippen LogP contribution >= 0.6 is 0 Å². The highest BCUT2D eigenvalue weighted by Gasteiger charge is 2.51.